The number of methoxy groups -OCH3 is 1. The van der Waals surface area contributed by atoms with Gasteiger partial charge in [0.1, 0.15) is 5.75 Å². The molecule has 198 valence electrons. The molecule has 0 spiro atoms. The summed E-state index contributed by atoms with van der Waals surface area (Å²) in [6.45, 7) is 6.90. The monoisotopic (exact) mass is 531 g/mol. The lowest BCUT2D eigenvalue weighted by Crippen LogP contribution is -2.54. The van der Waals surface area contributed by atoms with Gasteiger partial charge in [-0.2, -0.15) is 0 Å². The third-order valence-electron chi connectivity index (χ3n) is 7.78. The largest absolute Gasteiger partial charge is 0.496 e. The fraction of sp³-hybridized carbons (Fsp3) is 0.379. The first kappa shape index (κ1) is 25.0. The van der Waals surface area contributed by atoms with Gasteiger partial charge >= 0.3 is 0 Å². The van der Waals surface area contributed by atoms with Crippen LogP contribution in [0.4, 0.5) is 17.3 Å². The number of piperazine rings is 1. The van der Waals surface area contributed by atoms with Crippen LogP contribution in [0.3, 0.4) is 0 Å². The minimum atomic E-state index is 0.525. The molecule has 1 atom stereocenters. The summed E-state index contributed by atoms with van der Waals surface area (Å²) >= 11 is 6.28. The SMILES string of the molecule is COc1ccc(Cl)cc1-c1ccc2cnc(Nc3ccc(N4CCCC(N5CCN(C)CC5)C4)cc3)nn12. The van der Waals surface area contributed by atoms with Crippen molar-refractivity contribution in [2.75, 3.05) is 63.6 Å². The maximum atomic E-state index is 6.28. The molecular formula is C29H34ClN7O. The van der Waals surface area contributed by atoms with Gasteiger partial charge in [0, 0.05) is 67.3 Å². The fourth-order valence-electron chi connectivity index (χ4n) is 5.60. The van der Waals surface area contributed by atoms with Crippen LogP contribution >= 0.6 is 11.6 Å². The number of piperidine rings is 1. The number of halogens is 1. The number of aromatic nitrogens is 3. The average Bonchev–Trinajstić information content (AvgIpc) is 3.37. The predicted molar refractivity (Wildman–Crippen MR) is 154 cm³/mol. The minimum absolute atomic E-state index is 0.525. The van der Waals surface area contributed by atoms with Crippen LogP contribution in [0.5, 0.6) is 5.75 Å². The highest BCUT2D eigenvalue weighted by Gasteiger charge is 2.27. The van der Waals surface area contributed by atoms with E-state index >= 15 is 0 Å². The second kappa shape index (κ2) is 10.8. The molecule has 0 bridgehead atoms. The number of rotatable bonds is 6. The van der Waals surface area contributed by atoms with Crippen molar-refractivity contribution in [1.29, 1.82) is 0 Å². The first-order chi connectivity index (χ1) is 18.6. The number of benzene rings is 2. The number of fused-ring (bicyclic) bond motifs is 1. The molecule has 0 aliphatic carbocycles. The van der Waals surface area contributed by atoms with Gasteiger partial charge in [-0.1, -0.05) is 11.6 Å². The van der Waals surface area contributed by atoms with Crippen molar-refractivity contribution in [2.45, 2.75) is 18.9 Å². The van der Waals surface area contributed by atoms with Gasteiger partial charge in [-0.25, -0.2) is 9.50 Å². The zero-order valence-corrected chi connectivity index (χ0v) is 22.7. The summed E-state index contributed by atoms with van der Waals surface area (Å²) in [4.78, 5) is 12.2. The predicted octanol–water partition coefficient (Wildman–Crippen LogP) is 5.02. The molecule has 2 aromatic heterocycles. The molecule has 2 aliphatic rings. The molecule has 6 rings (SSSR count). The first-order valence-electron chi connectivity index (χ1n) is 13.3. The molecule has 2 aromatic carbocycles. The zero-order chi connectivity index (χ0) is 26.1. The number of nitrogens with one attached hydrogen (secondary N) is 1. The Hall–Kier alpha value is -3.33. The van der Waals surface area contributed by atoms with E-state index in [-0.39, 0.29) is 0 Å². The standard InChI is InChI=1S/C29H34ClN7O/c1-34-14-16-35(17-15-34)25-4-3-13-36(20-25)23-8-6-22(7-9-23)32-29-31-19-24-10-11-27(37(24)33-29)26-18-21(30)5-12-28(26)38-2/h5-12,18-19,25H,3-4,13-17,20H2,1-2H3,(H,32,33). The van der Waals surface area contributed by atoms with Crippen LogP contribution in [-0.4, -0.2) is 83.9 Å². The van der Waals surface area contributed by atoms with Crippen molar-refractivity contribution in [2.24, 2.45) is 0 Å². The third-order valence-corrected chi connectivity index (χ3v) is 8.01. The highest BCUT2D eigenvalue weighted by molar-refractivity contribution is 6.31. The molecule has 8 nitrogen and oxygen atoms in total. The summed E-state index contributed by atoms with van der Waals surface area (Å²) in [7, 11) is 3.88. The Labute approximate surface area is 228 Å². The van der Waals surface area contributed by atoms with Crippen LogP contribution in [0.25, 0.3) is 16.8 Å². The average molecular weight is 532 g/mol. The molecule has 1 unspecified atom stereocenters. The van der Waals surface area contributed by atoms with Crippen LogP contribution in [-0.2, 0) is 0 Å². The van der Waals surface area contributed by atoms with E-state index in [1.54, 1.807) is 7.11 Å². The molecule has 2 fully saturated rings. The lowest BCUT2D eigenvalue weighted by Gasteiger charge is -2.43. The minimum Gasteiger partial charge on any atom is -0.496 e. The van der Waals surface area contributed by atoms with Crippen molar-refractivity contribution in [3.8, 4) is 17.0 Å². The van der Waals surface area contributed by atoms with Crippen molar-refractivity contribution in [1.82, 2.24) is 24.4 Å². The molecule has 0 radical (unpaired) electrons. The number of ether oxygens (including phenoxy) is 1. The van der Waals surface area contributed by atoms with Crippen LogP contribution in [0.2, 0.25) is 5.02 Å². The molecule has 2 saturated heterocycles. The Morgan fingerprint density at radius 2 is 1.79 bits per heavy atom. The Kier molecular flexibility index (Phi) is 7.10. The van der Waals surface area contributed by atoms with Gasteiger partial charge in [-0.05, 0) is 74.5 Å². The van der Waals surface area contributed by atoms with Gasteiger partial charge in [-0.15, -0.1) is 5.10 Å². The summed E-state index contributed by atoms with van der Waals surface area (Å²) in [6, 6.07) is 18.8. The third kappa shape index (κ3) is 5.16. The van der Waals surface area contributed by atoms with E-state index in [9.17, 15) is 0 Å². The number of anilines is 3. The van der Waals surface area contributed by atoms with Gasteiger partial charge in [0.15, 0.2) is 0 Å². The summed E-state index contributed by atoms with van der Waals surface area (Å²) in [5, 5.41) is 8.78. The number of likely N-dealkylation sites (N-methyl/N-ethyl adjacent to an activating group) is 1. The topological polar surface area (TPSA) is 61.2 Å². The van der Waals surface area contributed by atoms with Crippen LogP contribution in [0.15, 0.2) is 60.8 Å². The van der Waals surface area contributed by atoms with Crippen LogP contribution < -0.4 is 15.0 Å². The van der Waals surface area contributed by atoms with Gasteiger partial charge < -0.3 is 19.9 Å². The Morgan fingerprint density at radius 1 is 0.974 bits per heavy atom. The van der Waals surface area contributed by atoms with Gasteiger partial charge in [-0.3, -0.25) is 4.90 Å². The summed E-state index contributed by atoms with van der Waals surface area (Å²) < 4.78 is 7.43. The summed E-state index contributed by atoms with van der Waals surface area (Å²) in [6.07, 6.45) is 4.35. The number of hydrogen-bond acceptors (Lipinski definition) is 7. The lowest BCUT2D eigenvalue weighted by atomic mass is 10.0. The zero-order valence-electron chi connectivity index (χ0n) is 22.0. The van der Waals surface area contributed by atoms with Crippen molar-refractivity contribution < 1.29 is 4.74 Å². The van der Waals surface area contributed by atoms with E-state index in [1.165, 1.54) is 44.7 Å². The molecule has 0 amide bonds. The highest BCUT2D eigenvalue weighted by atomic mass is 35.5. The van der Waals surface area contributed by atoms with E-state index in [4.69, 9.17) is 21.4 Å². The smallest absolute Gasteiger partial charge is 0.245 e. The van der Waals surface area contributed by atoms with Gasteiger partial charge in [0.25, 0.3) is 0 Å². The molecule has 2 aliphatic heterocycles. The van der Waals surface area contributed by atoms with E-state index in [0.717, 1.165) is 41.3 Å². The van der Waals surface area contributed by atoms with Crippen LogP contribution in [0.1, 0.15) is 12.8 Å². The molecule has 0 saturated carbocycles. The fourth-order valence-corrected chi connectivity index (χ4v) is 5.77. The maximum Gasteiger partial charge on any atom is 0.245 e. The van der Waals surface area contributed by atoms with Gasteiger partial charge in [0.2, 0.25) is 5.95 Å². The van der Waals surface area contributed by atoms with E-state index < -0.39 is 0 Å². The van der Waals surface area contributed by atoms with Crippen molar-refractivity contribution >= 4 is 34.4 Å². The van der Waals surface area contributed by atoms with Crippen LogP contribution in [0, 0.1) is 0 Å². The Balaban J connectivity index is 1.17. The van der Waals surface area contributed by atoms with Crippen molar-refractivity contribution in [3.05, 3.63) is 65.8 Å². The molecule has 38 heavy (non-hydrogen) atoms. The molecule has 1 N–H and O–H groups in total. The maximum absolute atomic E-state index is 6.28. The second-order valence-corrected chi connectivity index (χ2v) is 10.7. The second-order valence-electron chi connectivity index (χ2n) is 10.2. The van der Waals surface area contributed by atoms with Crippen molar-refractivity contribution in [3.63, 3.8) is 0 Å². The normalized spacial score (nSPS) is 19.1. The van der Waals surface area contributed by atoms with E-state index in [0.29, 0.717) is 17.0 Å². The molecule has 4 aromatic rings. The Morgan fingerprint density at radius 3 is 2.58 bits per heavy atom. The van der Waals surface area contributed by atoms with Gasteiger partial charge in [0.05, 0.1) is 24.5 Å². The molecule has 4 heterocycles. The summed E-state index contributed by atoms with van der Waals surface area (Å²) in [5.74, 6) is 1.27. The Bertz CT molecular complexity index is 1400. The summed E-state index contributed by atoms with van der Waals surface area (Å²) in [5.41, 5.74) is 4.88. The van der Waals surface area contributed by atoms with E-state index in [1.807, 2.05) is 41.0 Å². The molecular weight excluding hydrogens is 498 g/mol. The van der Waals surface area contributed by atoms with E-state index in [2.05, 4.69) is 56.3 Å². The quantitative estimate of drug-likeness (QED) is 0.375. The lowest BCUT2D eigenvalue weighted by molar-refractivity contribution is 0.102. The number of nitrogens with zero attached hydrogens (tertiary/aromatic N) is 6. The first-order valence-corrected chi connectivity index (χ1v) is 13.7. The number of hydrogen-bond donors (Lipinski definition) is 1. The highest BCUT2D eigenvalue weighted by Crippen LogP contribution is 2.33. The molecule has 9 heteroatoms.